The Morgan fingerprint density at radius 3 is 2.32 bits per heavy atom. The number of ether oxygens (including phenoxy) is 1. The first-order chi connectivity index (χ1) is 13.0. The van der Waals surface area contributed by atoms with Gasteiger partial charge in [0.15, 0.2) is 0 Å². The van der Waals surface area contributed by atoms with Crippen LogP contribution in [-0.2, 0) is 19.0 Å². The molecule has 5 nitrogen and oxygen atoms in total. The molecule has 0 radical (unpaired) electrons. The lowest BCUT2D eigenvalue weighted by Crippen LogP contribution is -2.09. The van der Waals surface area contributed by atoms with Crippen molar-refractivity contribution in [1.82, 2.24) is 20.0 Å². The lowest BCUT2D eigenvalue weighted by Gasteiger charge is -2.09. The van der Waals surface area contributed by atoms with Crippen molar-refractivity contribution in [2.45, 2.75) is 19.0 Å². The zero-order valence-corrected chi connectivity index (χ0v) is 13.6. The smallest absolute Gasteiger partial charge is 0.419 e. The molecule has 0 unspecified atom stereocenters. The summed E-state index contributed by atoms with van der Waals surface area (Å²) in [4.78, 5) is 3.51. The van der Waals surface area contributed by atoms with E-state index >= 15 is 0 Å². The molecular formula is C16H9F7N4O. The molecule has 0 saturated carbocycles. The van der Waals surface area contributed by atoms with Gasteiger partial charge >= 0.3 is 12.4 Å². The van der Waals surface area contributed by atoms with Crippen LogP contribution < -0.4 is 4.74 Å². The number of aromatic nitrogens is 4. The number of rotatable bonds is 4. The highest BCUT2D eigenvalue weighted by atomic mass is 19.4. The molecule has 148 valence electrons. The molecule has 3 rings (SSSR count). The maximum Gasteiger partial charge on any atom is 0.419 e. The highest BCUT2D eigenvalue weighted by Crippen LogP contribution is 2.32. The first-order valence-electron chi connectivity index (χ1n) is 7.48. The third-order valence-corrected chi connectivity index (χ3v) is 3.49. The van der Waals surface area contributed by atoms with Gasteiger partial charge in [-0.1, -0.05) is 5.21 Å². The van der Waals surface area contributed by atoms with Gasteiger partial charge in [0.25, 0.3) is 0 Å². The van der Waals surface area contributed by atoms with Crippen molar-refractivity contribution >= 4 is 0 Å². The molecule has 0 amide bonds. The van der Waals surface area contributed by atoms with Gasteiger partial charge in [0.1, 0.15) is 18.1 Å². The van der Waals surface area contributed by atoms with Crippen LogP contribution in [0.15, 0.2) is 42.7 Å². The zero-order valence-electron chi connectivity index (χ0n) is 13.6. The topological polar surface area (TPSA) is 52.8 Å². The van der Waals surface area contributed by atoms with Gasteiger partial charge in [-0.05, 0) is 24.3 Å². The Labute approximate surface area is 152 Å². The van der Waals surface area contributed by atoms with Crippen molar-refractivity contribution in [2.75, 3.05) is 0 Å². The summed E-state index contributed by atoms with van der Waals surface area (Å²) in [6, 6.07) is 4.12. The van der Waals surface area contributed by atoms with E-state index < -0.39 is 29.3 Å². The van der Waals surface area contributed by atoms with Gasteiger partial charge in [-0.15, -0.1) is 5.10 Å². The zero-order chi connectivity index (χ0) is 20.5. The summed E-state index contributed by atoms with van der Waals surface area (Å²) < 4.78 is 95.2. The minimum absolute atomic E-state index is 0.0832. The van der Waals surface area contributed by atoms with Crippen molar-refractivity contribution in [3.05, 3.63) is 65.4 Å². The molecule has 3 aromatic rings. The average molecular weight is 406 g/mol. The normalized spacial score (nSPS) is 12.2. The number of benzene rings is 1. The summed E-state index contributed by atoms with van der Waals surface area (Å²) in [5.41, 5.74) is -2.31. The van der Waals surface area contributed by atoms with Gasteiger partial charge in [0.2, 0.25) is 5.88 Å². The van der Waals surface area contributed by atoms with Crippen LogP contribution in [0.3, 0.4) is 0 Å². The van der Waals surface area contributed by atoms with Gasteiger partial charge in [-0.2, -0.15) is 26.3 Å². The fraction of sp³-hybridized carbons (Fsp3) is 0.188. The molecule has 0 aliphatic carbocycles. The Morgan fingerprint density at radius 2 is 1.71 bits per heavy atom. The summed E-state index contributed by atoms with van der Waals surface area (Å²) >= 11 is 0. The summed E-state index contributed by atoms with van der Waals surface area (Å²) in [6.45, 7) is -0.244. The average Bonchev–Trinajstić information content (AvgIpc) is 3.08. The van der Waals surface area contributed by atoms with E-state index in [9.17, 15) is 30.7 Å². The van der Waals surface area contributed by atoms with E-state index in [4.69, 9.17) is 4.74 Å². The van der Waals surface area contributed by atoms with Crippen LogP contribution in [-0.4, -0.2) is 20.0 Å². The second kappa shape index (κ2) is 7.09. The highest BCUT2D eigenvalue weighted by molar-refractivity contribution is 5.37. The largest absolute Gasteiger partial charge is 0.471 e. The standard InChI is InChI=1S/C16H9F7N4O/c17-13-3-2-11(5-12(13)16(21,22)23)27-7-10(25-26-27)8-28-14-4-1-9(6-24-14)15(18,19)20/h1-7H,8H2. The number of hydrogen-bond acceptors (Lipinski definition) is 4. The first-order valence-corrected chi connectivity index (χ1v) is 7.48. The van der Waals surface area contributed by atoms with Crippen molar-refractivity contribution in [2.24, 2.45) is 0 Å². The van der Waals surface area contributed by atoms with E-state index in [2.05, 4.69) is 15.3 Å². The number of pyridine rings is 1. The minimum Gasteiger partial charge on any atom is -0.471 e. The molecule has 0 bridgehead atoms. The Morgan fingerprint density at radius 1 is 0.964 bits per heavy atom. The molecule has 0 spiro atoms. The summed E-state index contributed by atoms with van der Waals surface area (Å²) in [5.74, 6) is -1.53. The molecule has 2 aromatic heterocycles. The van der Waals surface area contributed by atoms with Crippen molar-refractivity contribution in [1.29, 1.82) is 0 Å². The summed E-state index contributed by atoms with van der Waals surface area (Å²) in [7, 11) is 0. The third-order valence-electron chi connectivity index (χ3n) is 3.49. The van der Waals surface area contributed by atoms with Gasteiger partial charge in [0, 0.05) is 12.3 Å². The van der Waals surface area contributed by atoms with Crippen LogP contribution in [0.4, 0.5) is 30.7 Å². The predicted molar refractivity (Wildman–Crippen MR) is 79.9 cm³/mol. The molecule has 0 saturated heterocycles. The maximum absolute atomic E-state index is 13.3. The highest BCUT2D eigenvalue weighted by Gasteiger charge is 2.34. The van der Waals surface area contributed by atoms with E-state index in [0.717, 1.165) is 22.9 Å². The number of halogens is 7. The molecule has 12 heteroatoms. The molecule has 0 aliphatic heterocycles. The fourth-order valence-corrected chi connectivity index (χ4v) is 2.14. The van der Waals surface area contributed by atoms with Crippen molar-refractivity contribution in [3.8, 4) is 11.6 Å². The van der Waals surface area contributed by atoms with Crippen LogP contribution in [0.1, 0.15) is 16.8 Å². The quantitative estimate of drug-likeness (QED) is 0.602. The SMILES string of the molecule is Fc1ccc(-n2cc(COc3ccc(C(F)(F)F)cn3)nn2)cc1C(F)(F)F. The van der Waals surface area contributed by atoms with E-state index in [1.807, 2.05) is 0 Å². The molecule has 0 aliphatic rings. The van der Waals surface area contributed by atoms with Gasteiger partial charge < -0.3 is 4.74 Å². The van der Waals surface area contributed by atoms with Crippen LogP contribution in [0.5, 0.6) is 5.88 Å². The van der Waals surface area contributed by atoms with E-state index in [1.54, 1.807) is 0 Å². The number of nitrogens with zero attached hydrogens (tertiary/aromatic N) is 4. The maximum atomic E-state index is 13.3. The second-order valence-electron chi connectivity index (χ2n) is 5.49. The number of hydrogen-bond donors (Lipinski definition) is 0. The Balaban J connectivity index is 1.71. The molecule has 0 fully saturated rings. The minimum atomic E-state index is -4.87. The molecule has 2 heterocycles. The van der Waals surface area contributed by atoms with Crippen molar-refractivity contribution in [3.63, 3.8) is 0 Å². The van der Waals surface area contributed by atoms with Gasteiger partial charge in [-0.25, -0.2) is 14.1 Å². The van der Waals surface area contributed by atoms with E-state index in [0.29, 0.717) is 18.3 Å². The predicted octanol–water partition coefficient (Wildman–Crippen LogP) is 4.42. The van der Waals surface area contributed by atoms with Crippen LogP contribution >= 0.6 is 0 Å². The lowest BCUT2D eigenvalue weighted by atomic mass is 10.2. The van der Waals surface area contributed by atoms with Crippen molar-refractivity contribution < 1.29 is 35.5 Å². The Kier molecular flexibility index (Phi) is 4.96. The third kappa shape index (κ3) is 4.38. The lowest BCUT2D eigenvalue weighted by molar-refractivity contribution is -0.140. The Bertz CT molecular complexity index is 964. The summed E-state index contributed by atoms with van der Waals surface area (Å²) in [6.07, 6.45) is -7.57. The second-order valence-corrected chi connectivity index (χ2v) is 5.49. The first kappa shape index (κ1) is 19.6. The fourth-order valence-electron chi connectivity index (χ4n) is 2.14. The molecule has 0 atom stereocenters. The van der Waals surface area contributed by atoms with E-state index in [-0.39, 0.29) is 23.9 Å². The summed E-state index contributed by atoms with van der Waals surface area (Å²) in [5, 5.41) is 7.31. The van der Waals surface area contributed by atoms with Crippen LogP contribution in [0.2, 0.25) is 0 Å². The number of alkyl halides is 6. The monoisotopic (exact) mass is 406 g/mol. The van der Waals surface area contributed by atoms with E-state index in [1.165, 1.54) is 6.20 Å². The Hall–Kier alpha value is -3.18. The molecule has 0 N–H and O–H groups in total. The molecule has 28 heavy (non-hydrogen) atoms. The molecule has 1 aromatic carbocycles. The molecular weight excluding hydrogens is 397 g/mol. The van der Waals surface area contributed by atoms with Gasteiger partial charge in [0.05, 0.1) is 23.0 Å². The van der Waals surface area contributed by atoms with Crippen LogP contribution in [0, 0.1) is 5.82 Å². The van der Waals surface area contributed by atoms with Gasteiger partial charge in [-0.3, -0.25) is 0 Å². The van der Waals surface area contributed by atoms with Crippen LogP contribution in [0.25, 0.3) is 5.69 Å².